The molecule has 0 aliphatic rings. The number of anilines is 2. The van der Waals surface area contributed by atoms with Gasteiger partial charge in [0.2, 0.25) is 0 Å². The van der Waals surface area contributed by atoms with E-state index in [2.05, 4.69) is 38.6 Å². The van der Waals surface area contributed by atoms with E-state index in [-0.39, 0.29) is 0 Å². The summed E-state index contributed by atoms with van der Waals surface area (Å²) in [6.07, 6.45) is 3.75. The Morgan fingerprint density at radius 2 is 2.06 bits per heavy atom. The van der Waals surface area contributed by atoms with Crippen LogP contribution >= 0.6 is 22.6 Å². The van der Waals surface area contributed by atoms with Crippen molar-refractivity contribution >= 4 is 34.1 Å². The van der Waals surface area contributed by atoms with Crippen LogP contribution in [0.2, 0.25) is 0 Å². The van der Waals surface area contributed by atoms with Gasteiger partial charge in [0.05, 0.1) is 16.1 Å². The first-order valence-corrected chi connectivity index (χ1v) is 6.56. The van der Waals surface area contributed by atoms with Crippen LogP contribution in [0.1, 0.15) is 6.42 Å². The molecule has 0 amide bonds. The summed E-state index contributed by atoms with van der Waals surface area (Å²) in [5.41, 5.74) is 1.03. The lowest BCUT2D eigenvalue weighted by molar-refractivity contribution is 0.915. The molecule has 0 atom stereocenters. The topological polar surface area (TPSA) is 52.8 Å². The molecule has 0 aliphatic carbocycles. The summed E-state index contributed by atoms with van der Waals surface area (Å²) in [4.78, 5) is 10.3. The second kappa shape index (κ2) is 6.31. The average Bonchev–Trinajstić information content (AvgIpc) is 2.42. The number of benzene rings is 1. The Morgan fingerprint density at radius 3 is 2.72 bits per heavy atom. The SMILES string of the molecule is N#CCCN(c1ccccc1)c1ncncc1I. The van der Waals surface area contributed by atoms with Crippen LogP contribution in [-0.4, -0.2) is 16.5 Å². The summed E-state index contributed by atoms with van der Waals surface area (Å²) in [6.45, 7) is 0.619. The molecule has 1 aromatic carbocycles. The van der Waals surface area contributed by atoms with Crippen LogP contribution in [0.15, 0.2) is 42.9 Å². The maximum absolute atomic E-state index is 8.77. The van der Waals surface area contributed by atoms with Gasteiger partial charge >= 0.3 is 0 Å². The molecule has 90 valence electrons. The zero-order chi connectivity index (χ0) is 12.8. The Morgan fingerprint density at radius 1 is 1.28 bits per heavy atom. The first kappa shape index (κ1) is 12.8. The molecule has 2 aromatic rings. The molecule has 1 heterocycles. The van der Waals surface area contributed by atoms with Gasteiger partial charge in [0.15, 0.2) is 0 Å². The molecule has 0 fully saturated rings. The first-order valence-electron chi connectivity index (χ1n) is 5.48. The van der Waals surface area contributed by atoms with Crippen molar-refractivity contribution in [3.05, 3.63) is 46.4 Å². The number of hydrogen-bond donors (Lipinski definition) is 0. The highest BCUT2D eigenvalue weighted by molar-refractivity contribution is 14.1. The van der Waals surface area contributed by atoms with Gasteiger partial charge in [0, 0.05) is 18.4 Å². The van der Waals surface area contributed by atoms with Crippen molar-refractivity contribution in [2.75, 3.05) is 11.4 Å². The maximum atomic E-state index is 8.77. The third-order valence-corrected chi connectivity index (χ3v) is 3.18. The Labute approximate surface area is 119 Å². The zero-order valence-electron chi connectivity index (χ0n) is 9.62. The molecule has 5 heteroatoms. The Kier molecular flexibility index (Phi) is 4.47. The first-order chi connectivity index (χ1) is 8.83. The molecular weight excluding hydrogens is 339 g/mol. The van der Waals surface area contributed by atoms with Crippen LogP contribution in [0.3, 0.4) is 0 Å². The van der Waals surface area contributed by atoms with Gasteiger partial charge in [-0.3, -0.25) is 0 Å². The molecule has 0 bridgehead atoms. The van der Waals surface area contributed by atoms with Crippen LogP contribution in [0.4, 0.5) is 11.5 Å². The lowest BCUT2D eigenvalue weighted by atomic mass is 10.2. The molecule has 0 saturated carbocycles. The molecule has 2 rings (SSSR count). The molecular formula is C13H11IN4. The molecule has 0 spiro atoms. The Hall–Kier alpha value is -1.68. The number of nitriles is 1. The molecule has 0 radical (unpaired) electrons. The standard InChI is InChI=1S/C13H11IN4/c14-12-9-16-10-17-13(12)18(8-4-7-15)11-5-2-1-3-6-11/h1-3,5-6,9-10H,4,8H2. The molecule has 4 nitrogen and oxygen atoms in total. The molecule has 0 saturated heterocycles. The van der Waals surface area contributed by atoms with E-state index < -0.39 is 0 Å². The lowest BCUT2D eigenvalue weighted by Crippen LogP contribution is -2.20. The highest BCUT2D eigenvalue weighted by Crippen LogP contribution is 2.26. The zero-order valence-corrected chi connectivity index (χ0v) is 11.8. The highest BCUT2D eigenvalue weighted by Gasteiger charge is 2.13. The number of hydrogen-bond acceptors (Lipinski definition) is 4. The molecule has 0 unspecified atom stereocenters. The summed E-state index contributed by atoms with van der Waals surface area (Å²) >= 11 is 2.20. The lowest BCUT2D eigenvalue weighted by Gasteiger charge is -2.23. The van der Waals surface area contributed by atoms with E-state index in [4.69, 9.17) is 5.26 Å². The number of para-hydroxylation sites is 1. The van der Waals surface area contributed by atoms with E-state index >= 15 is 0 Å². The van der Waals surface area contributed by atoms with Crippen LogP contribution in [0, 0.1) is 14.9 Å². The monoisotopic (exact) mass is 350 g/mol. The van der Waals surface area contributed by atoms with E-state index in [1.165, 1.54) is 6.33 Å². The third kappa shape index (κ3) is 2.96. The summed E-state index contributed by atoms with van der Waals surface area (Å²) in [5, 5.41) is 8.77. The number of rotatable bonds is 4. The minimum atomic E-state index is 0.453. The number of halogens is 1. The smallest absolute Gasteiger partial charge is 0.149 e. The summed E-state index contributed by atoms with van der Waals surface area (Å²) in [6, 6.07) is 12.1. The number of aromatic nitrogens is 2. The van der Waals surface area contributed by atoms with Gasteiger partial charge in [-0.1, -0.05) is 18.2 Å². The van der Waals surface area contributed by atoms with Crippen molar-refractivity contribution in [1.82, 2.24) is 9.97 Å². The van der Waals surface area contributed by atoms with Crippen LogP contribution in [0.25, 0.3) is 0 Å². The Bertz CT molecular complexity index is 550. The average molecular weight is 350 g/mol. The largest absolute Gasteiger partial charge is 0.324 e. The summed E-state index contributed by atoms with van der Waals surface area (Å²) in [7, 11) is 0. The fourth-order valence-electron chi connectivity index (χ4n) is 1.63. The van der Waals surface area contributed by atoms with Crippen molar-refractivity contribution in [2.24, 2.45) is 0 Å². The van der Waals surface area contributed by atoms with Crippen LogP contribution < -0.4 is 4.90 Å². The molecule has 0 N–H and O–H groups in total. The van der Waals surface area contributed by atoms with E-state index in [1.54, 1.807) is 6.20 Å². The van der Waals surface area contributed by atoms with Crippen LogP contribution in [0.5, 0.6) is 0 Å². The highest BCUT2D eigenvalue weighted by atomic mass is 127. The predicted octanol–water partition coefficient (Wildman–Crippen LogP) is 3.13. The fraction of sp³-hybridized carbons (Fsp3) is 0.154. The third-order valence-electron chi connectivity index (χ3n) is 2.42. The molecule has 18 heavy (non-hydrogen) atoms. The summed E-state index contributed by atoms with van der Waals surface area (Å²) in [5.74, 6) is 0.840. The maximum Gasteiger partial charge on any atom is 0.149 e. The second-order valence-electron chi connectivity index (χ2n) is 3.59. The van der Waals surface area contributed by atoms with Gasteiger partial charge in [0.1, 0.15) is 12.1 Å². The Balaban J connectivity index is 2.38. The van der Waals surface area contributed by atoms with E-state index in [1.807, 2.05) is 35.2 Å². The van der Waals surface area contributed by atoms with Crippen LogP contribution in [-0.2, 0) is 0 Å². The molecule has 1 aromatic heterocycles. The van der Waals surface area contributed by atoms with Crippen molar-refractivity contribution in [3.63, 3.8) is 0 Å². The quantitative estimate of drug-likeness (QED) is 0.795. The van der Waals surface area contributed by atoms with Crippen molar-refractivity contribution < 1.29 is 0 Å². The van der Waals surface area contributed by atoms with E-state index in [0.29, 0.717) is 13.0 Å². The normalized spacial score (nSPS) is 9.78. The van der Waals surface area contributed by atoms with Gasteiger partial charge in [-0.25, -0.2) is 9.97 Å². The van der Waals surface area contributed by atoms with Gasteiger partial charge in [-0.05, 0) is 34.7 Å². The van der Waals surface area contributed by atoms with Crippen molar-refractivity contribution in [2.45, 2.75) is 6.42 Å². The van der Waals surface area contributed by atoms with Gasteiger partial charge in [-0.15, -0.1) is 0 Å². The van der Waals surface area contributed by atoms with Gasteiger partial charge in [-0.2, -0.15) is 5.26 Å². The minimum absolute atomic E-state index is 0.453. The van der Waals surface area contributed by atoms with E-state index in [0.717, 1.165) is 15.1 Å². The minimum Gasteiger partial charge on any atom is -0.324 e. The van der Waals surface area contributed by atoms with Gasteiger partial charge in [0.25, 0.3) is 0 Å². The summed E-state index contributed by atoms with van der Waals surface area (Å²) < 4.78 is 0.969. The van der Waals surface area contributed by atoms with Gasteiger partial charge < -0.3 is 4.90 Å². The molecule has 0 aliphatic heterocycles. The van der Waals surface area contributed by atoms with Crippen molar-refractivity contribution in [3.8, 4) is 6.07 Å². The second-order valence-corrected chi connectivity index (χ2v) is 4.75. The van der Waals surface area contributed by atoms with Crippen molar-refractivity contribution in [1.29, 1.82) is 5.26 Å². The fourth-order valence-corrected chi connectivity index (χ4v) is 2.22. The predicted molar refractivity (Wildman–Crippen MR) is 78.4 cm³/mol. The number of nitrogens with zero attached hydrogens (tertiary/aromatic N) is 4. The van der Waals surface area contributed by atoms with E-state index in [9.17, 15) is 0 Å².